The first-order valence-electron chi connectivity index (χ1n) is 7.34. The van der Waals surface area contributed by atoms with Crippen LogP contribution in [0.5, 0.6) is 0 Å². The number of amides is 1. The van der Waals surface area contributed by atoms with Crippen molar-refractivity contribution in [3.05, 3.63) is 11.8 Å². The van der Waals surface area contributed by atoms with Crippen LogP contribution in [0.2, 0.25) is 0 Å². The van der Waals surface area contributed by atoms with E-state index >= 15 is 0 Å². The highest BCUT2D eigenvalue weighted by molar-refractivity contribution is 5.80. The van der Waals surface area contributed by atoms with Crippen molar-refractivity contribution in [1.29, 1.82) is 0 Å². The molecule has 1 fully saturated rings. The number of nitrogens with zero attached hydrogens (tertiary/aromatic N) is 2. The third-order valence-corrected chi connectivity index (χ3v) is 4.47. The SMILES string of the molecule is CN(C(=O)CN1CCCC(C)(C(=O)O)C1)C1=CCCC1. The van der Waals surface area contributed by atoms with Gasteiger partial charge < -0.3 is 10.0 Å². The summed E-state index contributed by atoms with van der Waals surface area (Å²) in [4.78, 5) is 27.3. The molecule has 1 amide bonds. The van der Waals surface area contributed by atoms with E-state index in [2.05, 4.69) is 6.08 Å². The van der Waals surface area contributed by atoms with Crippen LogP contribution in [-0.2, 0) is 9.59 Å². The lowest BCUT2D eigenvalue weighted by Gasteiger charge is -2.37. The number of hydrogen-bond acceptors (Lipinski definition) is 3. The maximum absolute atomic E-state index is 12.3. The van der Waals surface area contributed by atoms with E-state index in [-0.39, 0.29) is 5.91 Å². The van der Waals surface area contributed by atoms with Crippen molar-refractivity contribution < 1.29 is 14.7 Å². The van der Waals surface area contributed by atoms with Gasteiger partial charge in [-0.2, -0.15) is 0 Å². The second-order valence-corrected chi connectivity index (χ2v) is 6.22. The first-order chi connectivity index (χ1) is 9.42. The number of piperidine rings is 1. The molecule has 1 N–H and O–H groups in total. The fourth-order valence-electron chi connectivity index (χ4n) is 3.07. The molecule has 5 nitrogen and oxygen atoms in total. The van der Waals surface area contributed by atoms with Gasteiger partial charge in [0.2, 0.25) is 5.91 Å². The molecule has 0 aromatic rings. The summed E-state index contributed by atoms with van der Waals surface area (Å²) in [5, 5.41) is 9.30. The van der Waals surface area contributed by atoms with Crippen molar-refractivity contribution in [1.82, 2.24) is 9.80 Å². The number of carbonyl (C=O) groups is 2. The molecule has 0 saturated carbocycles. The predicted molar refractivity (Wildman–Crippen MR) is 76.1 cm³/mol. The van der Waals surface area contributed by atoms with Gasteiger partial charge in [0.25, 0.3) is 0 Å². The van der Waals surface area contributed by atoms with E-state index in [1.807, 2.05) is 11.9 Å². The monoisotopic (exact) mass is 280 g/mol. The zero-order valence-corrected chi connectivity index (χ0v) is 12.4. The number of carboxylic acid groups (broad SMARTS) is 1. The molecular weight excluding hydrogens is 256 g/mol. The second kappa shape index (κ2) is 5.95. The van der Waals surface area contributed by atoms with Crippen LogP contribution in [0.15, 0.2) is 11.8 Å². The van der Waals surface area contributed by atoms with Gasteiger partial charge in [0.15, 0.2) is 0 Å². The zero-order valence-electron chi connectivity index (χ0n) is 12.4. The number of likely N-dealkylation sites (N-methyl/N-ethyl adjacent to an activating group) is 1. The topological polar surface area (TPSA) is 60.9 Å². The summed E-state index contributed by atoms with van der Waals surface area (Å²) in [6, 6.07) is 0. The minimum Gasteiger partial charge on any atom is -0.481 e. The highest BCUT2D eigenvalue weighted by atomic mass is 16.4. The molecule has 1 unspecified atom stereocenters. The van der Waals surface area contributed by atoms with Gasteiger partial charge in [0.05, 0.1) is 12.0 Å². The summed E-state index contributed by atoms with van der Waals surface area (Å²) < 4.78 is 0. The fourth-order valence-corrected chi connectivity index (χ4v) is 3.07. The number of rotatable bonds is 4. The third-order valence-electron chi connectivity index (χ3n) is 4.47. The smallest absolute Gasteiger partial charge is 0.310 e. The summed E-state index contributed by atoms with van der Waals surface area (Å²) in [5.74, 6) is -0.700. The number of carboxylic acids is 1. The Bertz CT molecular complexity index is 433. The molecule has 0 aromatic carbocycles. The minimum absolute atomic E-state index is 0.0628. The molecule has 1 atom stereocenters. The van der Waals surface area contributed by atoms with Crippen LogP contribution in [0.3, 0.4) is 0 Å². The minimum atomic E-state index is -0.762. The molecule has 1 heterocycles. The van der Waals surface area contributed by atoms with E-state index in [0.717, 1.165) is 37.9 Å². The van der Waals surface area contributed by atoms with Crippen molar-refractivity contribution in [3.8, 4) is 0 Å². The lowest BCUT2D eigenvalue weighted by Crippen LogP contribution is -2.49. The van der Waals surface area contributed by atoms with E-state index in [1.54, 1.807) is 11.8 Å². The number of aliphatic carboxylic acids is 1. The maximum Gasteiger partial charge on any atom is 0.310 e. The van der Waals surface area contributed by atoms with Gasteiger partial charge >= 0.3 is 5.97 Å². The summed E-state index contributed by atoms with van der Waals surface area (Å²) >= 11 is 0. The van der Waals surface area contributed by atoms with Gasteiger partial charge in [0.1, 0.15) is 0 Å². The van der Waals surface area contributed by atoms with Crippen LogP contribution >= 0.6 is 0 Å². The summed E-state index contributed by atoms with van der Waals surface area (Å²) in [7, 11) is 1.82. The van der Waals surface area contributed by atoms with E-state index in [1.165, 1.54) is 0 Å². The van der Waals surface area contributed by atoms with Gasteiger partial charge in [-0.25, -0.2) is 0 Å². The molecule has 2 aliphatic rings. The largest absolute Gasteiger partial charge is 0.481 e. The molecule has 0 radical (unpaired) electrons. The van der Waals surface area contributed by atoms with Crippen molar-refractivity contribution in [2.45, 2.75) is 39.0 Å². The maximum atomic E-state index is 12.3. The van der Waals surface area contributed by atoms with Gasteiger partial charge in [-0.15, -0.1) is 0 Å². The van der Waals surface area contributed by atoms with Crippen LogP contribution in [-0.4, -0.2) is 53.5 Å². The van der Waals surface area contributed by atoms with Crippen molar-refractivity contribution >= 4 is 11.9 Å². The van der Waals surface area contributed by atoms with Gasteiger partial charge in [0, 0.05) is 19.3 Å². The standard InChI is InChI=1S/C15H24N2O3/c1-15(14(19)20)8-5-9-17(11-15)10-13(18)16(2)12-6-3-4-7-12/h6H,3-5,7-11H2,1-2H3,(H,19,20). The highest BCUT2D eigenvalue weighted by Crippen LogP contribution is 2.29. The van der Waals surface area contributed by atoms with Crippen molar-refractivity contribution in [3.63, 3.8) is 0 Å². The zero-order chi connectivity index (χ0) is 14.8. The lowest BCUT2D eigenvalue weighted by atomic mass is 9.82. The Morgan fingerprint density at radius 2 is 2.20 bits per heavy atom. The van der Waals surface area contributed by atoms with Crippen LogP contribution in [0.1, 0.15) is 39.0 Å². The average molecular weight is 280 g/mol. The first kappa shape index (κ1) is 15.0. The van der Waals surface area contributed by atoms with Crippen molar-refractivity contribution in [2.24, 2.45) is 5.41 Å². The Balaban J connectivity index is 1.92. The molecule has 5 heteroatoms. The molecule has 0 bridgehead atoms. The Morgan fingerprint density at radius 3 is 2.80 bits per heavy atom. The summed E-state index contributed by atoms with van der Waals surface area (Å²) in [6.45, 7) is 3.36. The predicted octanol–water partition coefficient (Wildman–Crippen LogP) is 1.70. The average Bonchev–Trinajstić information content (AvgIpc) is 2.91. The van der Waals surface area contributed by atoms with Crippen LogP contribution in [0.25, 0.3) is 0 Å². The molecule has 2 rings (SSSR count). The van der Waals surface area contributed by atoms with Gasteiger partial charge in [-0.1, -0.05) is 6.08 Å². The number of carbonyl (C=O) groups excluding carboxylic acids is 1. The molecule has 112 valence electrons. The molecule has 0 spiro atoms. The normalized spacial score (nSPS) is 27.2. The van der Waals surface area contributed by atoms with Crippen LogP contribution in [0, 0.1) is 5.41 Å². The molecule has 20 heavy (non-hydrogen) atoms. The Hall–Kier alpha value is -1.36. The number of hydrogen-bond donors (Lipinski definition) is 1. The number of likely N-dealkylation sites (tertiary alicyclic amines) is 1. The molecule has 0 aromatic heterocycles. The molecule has 1 saturated heterocycles. The third kappa shape index (κ3) is 3.20. The van der Waals surface area contributed by atoms with E-state index in [4.69, 9.17) is 0 Å². The van der Waals surface area contributed by atoms with Crippen LogP contribution in [0.4, 0.5) is 0 Å². The first-order valence-corrected chi connectivity index (χ1v) is 7.34. The van der Waals surface area contributed by atoms with Gasteiger partial charge in [-0.3, -0.25) is 14.5 Å². The molecule has 1 aliphatic heterocycles. The lowest BCUT2D eigenvalue weighted by molar-refractivity contribution is -0.152. The molecular formula is C15H24N2O3. The van der Waals surface area contributed by atoms with E-state index in [9.17, 15) is 14.7 Å². The van der Waals surface area contributed by atoms with Gasteiger partial charge in [-0.05, 0) is 45.6 Å². The summed E-state index contributed by atoms with van der Waals surface area (Å²) in [5.41, 5.74) is 0.386. The van der Waals surface area contributed by atoms with E-state index in [0.29, 0.717) is 19.5 Å². The second-order valence-electron chi connectivity index (χ2n) is 6.22. The highest BCUT2D eigenvalue weighted by Gasteiger charge is 2.38. The Labute approximate surface area is 120 Å². The summed E-state index contributed by atoms with van der Waals surface area (Å²) in [6.07, 6.45) is 6.78. The van der Waals surface area contributed by atoms with Crippen LogP contribution < -0.4 is 0 Å². The Morgan fingerprint density at radius 1 is 1.45 bits per heavy atom. The Kier molecular flexibility index (Phi) is 4.48. The number of allylic oxidation sites excluding steroid dienone is 2. The van der Waals surface area contributed by atoms with E-state index < -0.39 is 11.4 Å². The fraction of sp³-hybridized carbons (Fsp3) is 0.733. The quantitative estimate of drug-likeness (QED) is 0.851. The van der Waals surface area contributed by atoms with Crippen molar-refractivity contribution in [2.75, 3.05) is 26.7 Å². The molecule has 1 aliphatic carbocycles.